The third-order valence-corrected chi connectivity index (χ3v) is 13.9. The Balaban J connectivity index is 1.48. The van der Waals surface area contributed by atoms with E-state index in [0.29, 0.717) is 24.7 Å². The van der Waals surface area contributed by atoms with Crippen molar-refractivity contribution in [3.63, 3.8) is 0 Å². The second-order valence-electron chi connectivity index (χ2n) is 18.8. The van der Waals surface area contributed by atoms with Crippen molar-refractivity contribution in [3.8, 4) is 23.0 Å². The van der Waals surface area contributed by atoms with E-state index in [2.05, 4.69) is 10.2 Å². The average molecular weight is 962 g/mol. The summed E-state index contributed by atoms with van der Waals surface area (Å²) in [7, 11) is 1.44. The highest BCUT2D eigenvalue weighted by Gasteiger charge is 2.50. The van der Waals surface area contributed by atoms with Crippen molar-refractivity contribution in [3.05, 3.63) is 87.7 Å². The monoisotopic (exact) mass is 960 g/mol. The number of nitrogens with one attached hydrogen (secondary N) is 1. The molecule has 0 saturated carbocycles. The molecule has 1 fully saturated rings. The van der Waals surface area contributed by atoms with Gasteiger partial charge in [0.15, 0.2) is 5.75 Å². The van der Waals surface area contributed by atoms with Crippen LogP contribution in [0.5, 0.6) is 23.0 Å². The fraction of sp³-hybridized carbons (Fsp3) is 0.490. The minimum atomic E-state index is -2.07. The van der Waals surface area contributed by atoms with Crippen LogP contribution < -0.4 is 10.1 Å². The Bertz CT molecular complexity index is 2510. The number of Topliss-reactive ketones (excluding diaryl/α,β-unsaturated/α-hetero) is 1. The minimum absolute atomic E-state index is 0.0436. The van der Waals surface area contributed by atoms with Gasteiger partial charge in [-0.15, -0.1) is 0 Å². The lowest BCUT2D eigenvalue weighted by atomic mass is 9.78. The van der Waals surface area contributed by atoms with E-state index in [1.807, 2.05) is 43.1 Å². The van der Waals surface area contributed by atoms with Gasteiger partial charge >= 0.3 is 11.8 Å². The van der Waals surface area contributed by atoms with Crippen LogP contribution in [-0.2, 0) is 30.3 Å². The van der Waals surface area contributed by atoms with Crippen LogP contribution >= 0.6 is 11.6 Å². The molecular formula is C51H65ClN4O12. The highest BCUT2D eigenvalue weighted by atomic mass is 35.5. The lowest BCUT2D eigenvalue weighted by Crippen LogP contribution is -2.54. The zero-order chi connectivity index (χ0) is 50.1. The number of fused-ring (bicyclic) bond motifs is 14. The van der Waals surface area contributed by atoms with Crippen LogP contribution in [0.1, 0.15) is 89.4 Å². The van der Waals surface area contributed by atoms with E-state index in [9.17, 15) is 39.9 Å². The number of hydrogen-bond acceptors (Lipinski definition) is 15. The molecule has 68 heavy (non-hydrogen) atoms. The first kappa shape index (κ1) is 51.7. The topological polar surface area (TPSA) is 220 Å². The van der Waals surface area contributed by atoms with Crippen molar-refractivity contribution < 1.29 is 58.9 Å². The van der Waals surface area contributed by atoms with Crippen molar-refractivity contribution in [2.45, 2.75) is 118 Å². The van der Waals surface area contributed by atoms with E-state index in [1.54, 1.807) is 39.8 Å². The van der Waals surface area contributed by atoms with Crippen LogP contribution in [0.4, 0.5) is 5.69 Å². The van der Waals surface area contributed by atoms with Gasteiger partial charge in [0, 0.05) is 85.8 Å². The van der Waals surface area contributed by atoms with Gasteiger partial charge in [0.2, 0.25) is 0 Å². The molecule has 0 aliphatic carbocycles. The number of benzene rings is 3. The molecule has 3 aromatic rings. The summed E-state index contributed by atoms with van der Waals surface area (Å²) in [6, 6.07) is 7.40. The number of aliphatic hydroxyl groups excluding tert-OH is 2. The molecule has 4 aliphatic rings. The van der Waals surface area contributed by atoms with Crippen molar-refractivity contribution in [2.24, 2.45) is 28.8 Å². The van der Waals surface area contributed by atoms with Gasteiger partial charge in [0.1, 0.15) is 23.4 Å². The van der Waals surface area contributed by atoms with E-state index >= 15 is 0 Å². The van der Waals surface area contributed by atoms with Crippen LogP contribution in [0.15, 0.2) is 65.5 Å². The highest BCUT2D eigenvalue weighted by Crippen LogP contribution is 2.55. The number of ketones is 1. The van der Waals surface area contributed by atoms with Gasteiger partial charge in [-0.05, 0) is 51.5 Å². The Hall–Kier alpha value is -5.65. The Kier molecular flexibility index (Phi) is 15.9. The molecule has 4 heterocycles. The molecule has 368 valence electrons. The Morgan fingerprint density at radius 2 is 1.57 bits per heavy atom. The number of hydrazone groups is 1. The maximum Gasteiger partial charge on any atom is 0.312 e. The molecule has 1 amide bonds. The summed E-state index contributed by atoms with van der Waals surface area (Å²) in [5.41, 5.74) is 0.664. The quantitative estimate of drug-likeness (QED) is 0.0617. The zero-order valence-electron chi connectivity index (χ0n) is 40.5. The second kappa shape index (κ2) is 20.9. The van der Waals surface area contributed by atoms with Gasteiger partial charge < -0.3 is 49.8 Å². The number of ether oxygens (including phenoxy) is 4. The maximum atomic E-state index is 14.7. The fourth-order valence-corrected chi connectivity index (χ4v) is 9.75. The number of aromatic hydroxyl groups is 3. The van der Waals surface area contributed by atoms with E-state index in [0.717, 1.165) is 5.56 Å². The van der Waals surface area contributed by atoms with Crippen LogP contribution in [0.2, 0.25) is 5.02 Å². The zero-order valence-corrected chi connectivity index (χ0v) is 41.2. The number of hydrogen-bond donors (Lipinski definition) is 6. The number of carbonyl (C=O) groups excluding carboxylic acids is 3. The first-order valence-electron chi connectivity index (χ1n) is 22.9. The third-order valence-electron chi connectivity index (χ3n) is 13.6. The van der Waals surface area contributed by atoms with Crippen LogP contribution in [0.3, 0.4) is 0 Å². The van der Waals surface area contributed by atoms with Gasteiger partial charge in [-0.25, -0.2) is 0 Å². The lowest BCUT2D eigenvalue weighted by molar-refractivity contribution is -0.160. The Labute approximate surface area is 402 Å². The number of anilines is 1. The summed E-state index contributed by atoms with van der Waals surface area (Å²) in [5.74, 6) is -8.54. The van der Waals surface area contributed by atoms with Gasteiger partial charge in [0.05, 0.1) is 65.1 Å². The summed E-state index contributed by atoms with van der Waals surface area (Å²) in [4.78, 5) is 43.4. The normalized spacial score (nSPS) is 31.6. The summed E-state index contributed by atoms with van der Waals surface area (Å²) >= 11 is 6.12. The average Bonchev–Trinajstić information content (AvgIpc) is 3.55. The van der Waals surface area contributed by atoms with Crippen molar-refractivity contribution in [1.82, 2.24) is 9.91 Å². The number of carbonyl (C=O) groups is 3. The van der Waals surface area contributed by atoms with E-state index < -0.39 is 88.8 Å². The molecule has 0 aromatic heterocycles. The molecule has 6 N–H and O–H groups in total. The van der Waals surface area contributed by atoms with Crippen molar-refractivity contribution in [2.75, 3.05) is 25.5 Å². The molecule has 5 bridgehead atoms. The predicted molar refractivity (Wildman–Crippen MR) is 259 cm³/mol. The smallest absolute Gasteiger partial charge is 0.312 e. The second-order valence-corrected chi connectivity index (χ2v) is 19.2. The number of aliphatic hydroxyl groups is 2. The number of rotatable bonds is 6. The van der Waals surface area contributed by atoms with Crippen LogP contribution in [0, 0.1) is 30.6 Å². The number of halogens is 1. The van der Waals surface area contributed by atoms with Crippen molar-refractivity contribution in [1.29, 1.82) is 0 Å². The van der Waals surface area contributed by atoms with E-state index in [-0.39, 0.29) is 56.6 Å². The molecule has 0 spiro atoms. The number of allylic oxidation sites excluding steroid dienone is 2. The first-order chi connectivity index (χ1) is 32.0. The minimum Gasteiger partial charge on any atom is -0.507 e. The number of phenolic OH excluding ortho intramolecular Hbond substituents is 3. The Morgan fingerprint density at radius 3 is 2.19 bits per heavy atom. The molecule has 7 rings (SSSR count). The molecule has 17 heteroatoms. The molecular weight excluding hydrogens is 896 g/mol. The standard InChI is InChI=1S/C51H65ClN4O12/c1-25-13-12-14-26(2)50(64)54-41-36(21-53-56-27(3)22-55(23-28(56)4)24-34-15-17-35(52)18-16-34)45(61)38-39(46(41)62)44(60)32(8)48-40(38)49(63)51(10,68-48)66-20-19-37(65-11)29(5)47(67-33(9)57)31(7)43(59)30(6)42(25)58/h12-21,25,27-31,37,42-43,47,58-62H,22-24H2,1-11H3,(H,54,64)/b13-12+,20-19+,26-14-,53-21+/t25-,27?,28?,29+,30+,31+,37-,42-,43+,47+,51-/m0/s1. The van der Waals surface area contributed by atoms with Crippen LogP contribution in [-0.4, -0.2) is 122 Å². The van der Waals surface area contributed by atoms with Gasteiger partial charge in [-0.2, -0.15) is 5.10 Å². The summed E-state index contributed by atoms with van der Waals surface area (Å²) < 4.78 is 23.8. The summed E-state index contributed by atoms with van der Waals surface area (Å²) in [6.07, 6.45) is 4.83. The molecule has 4 aliphatic heterocycles. The molecule has 11 atom stereocenters. The van der Waals surface area contributed by atoms with Gasteiger partial charge in [-0.3, -0.25) is 24.3 Å². The molecule has 1 saturated heterocycles. The summed E-state index contributed by atoms with van der Waals surface area (Å²) in [6.45, 7) is 18.5. The molecule has 0 radical (unpaired) electrons. The lowest BCUT2D eigenvalue weighted by Gasteiger charge is -2.42. The van der Waals surface area contributed by atoms with Crippen LogP contribution in [0.25, 0.3) is 10.8 Å². The van der Waals surface area contributed by atoms with E-state index in [4.69, 9.17) is 35.6 Å². The SMILES string of the molecule is CO[C@H]1/C=C/O[C@@]2(C)Oc3c(C)c(O)c4c(O)c(c(/C=N/N5C(C)CN(Cc6ccc(Cl)cc6)CC5C)c(O)c4c3C2=O)NC(=O)/C(C)=C\C=C\[C@H](C)[C@H](O)[C@@H](C)[C@@H](O)[C@@H](C)[C@H](OC(C)=O)[C@@H]1C. The number of amides is 1. The number of esters is 1. The number of piperazine rings is 1. The Morgan fingerprint density at radius 1 is 0.926 bits per heavy atom. The highest BCUT2D eigenvalue weighted by molar-refractivity contribution is 6.30. The number of nitrogens with zero attached hydrogens (tertiary/aromatic N) is 3. The molecule has 16 nitrogen and oxygen atoms in total. The fourth-order valence-electron chi connectivity index (χ4n) is 9.63. The predicted octanol–water partition coefficient (Wildman–Crippen LogP) is 7.34. The summed E-state index contributed by atoms with van der Waals surface area (Å²) in [5, 5.41) is 68.8. The first-order valence-corrected chi connectivity index (χ1v) is 23.3. The van der Waals surface area contributed by atoms with E-state index in [1.165, 1.54) is 59.4 Å². The third kappa shape index (κ3) is 10.3. The van der Waals surface area contributed by atoms with Gasteiger partial charge in [0.25, 0.3) is 11.7 Å². The van der Waals surface area contributed by atoms with Gasteiger partial charge in [-0.1, -0.05) is 69.7 Å². The number of methoxy groups -OCH3 is 1. The van der Waals surface area contributed by atoms with Crippen molar-refractivity contribution >= 4 is 51.9 Å². The number of phenols is 3. The molecule has 3 aromatic carbocycles. The largest absolute Gasteiger partial charge is 0.507 e. The molecule has 2 unspecified atom stereocenters. The maximum absolute atomic E-state index is 14.7.